The van der Waals surface area contributed by atoms with Crippen LogP contribution in [0.4, 0.5) is 22.9 Å². The number of nitro benzene ring substituents is 1. The Labute approximate surface area is 194 Å². The number of anilines is 3. The number of carbonyl (C=O) groups is 1. The van der Waals surface area contributed by atoms with Crippen molar-refractivity contribution in [2.24, 2.45) is 0 Å². The summed E-state index contributed by atoms with van der Waals surface area (Å²) in [4.78, 5) is 31.4. The van der Waals surface area contributed by atoms with Gasteiger partial charge in [0.1, 0.15) is 12.1 Å². The summed E-state index contributed by atoms with van der Waals surface area (Å²) in [5.41, 5.74) is 2.56. The first-order valence-electron chi connectivity index (χ1n) is 10.2. The van der Waals surface area contributed by atoms with E-state index in [1.54, 1.807) is 62.8 Å². The van der Waals surface area contributed by atoms with Gasteiger partial charge in [-0.3, -0.25) is 14.9 Å². The zero-order valence-corrected chi connectivity index (χ0v) is 18.4. The maximum absolute atomic E-state index is 12.4. The van der Waals surface area contributed by atoms with Gasteiger partial charge >= 0.3 is 0 Å². The Morgan fingerprint density at radius 1 is 0.971 bits per heavy atom. The van der Waals surface area contributed by atoms with Crippen molar-refractivity contribution < 1.29 is 19.2 Å². The first kappa shape index (κ1) is 22.5. The summed E-state index contributed by atoms with van der Waals surface area (Å²) in [6.45, 7) is 0. The van der Waals surface area contributed by atoms with Crippen molar-refractivity contribution in [3.05, 3.63) is 82.7 Å². The normalized spacial score (nSPS) is 10.5. The highest BCUT2D eigenvalue weighted by atomic mass is 16.6. The van der Waals surface area contributed by atoms with Gasteiger partial charge in [0.2, 0.25) is 5.91 Å². The van der Waals surface area contributed by atoms with E-state index in [1.807, 2.05) is 0 Å². The molecule has 10 heteroatoms. The Morgan fingerprint density at radius 3 is 2.38 bits per heavy atom. The van der Waals surface area contributed by atoms with E-state index in [-0.39, 0.29) is 18.0 Å². The van der Waals surface area contributed by atoms with E-state index in [0.717, 1.165) is 11.1 Å². The molecule has 0 saturated heterocycles. The molecule has 0 aliphatic heterocycles. The van der Waals surface area contributed by atoms with E-state index in [2.05, 4.69) is 20.6 Å². The van der Waals surface area contributed by atoms with Crippen molar-refractivity contribution in [2.75, 3.05) is 24.9 Å². The predicted molar refractivity (Wildman–Crippen MR) is 128 cm³/mol. The molecule has 0 atom stereocenters. The summed E-state index contributed by atoms with van der Waals surface area (Å²) in [6.07, 6.45) is 1.49. The summed E-state index contributed by atoms with van der Waals surface area (Å²) in [5, 5.41) is 17.7. The molecule has 0 radical (unpaired) electrons. The third-order valence-corrected chi connectivity index (χ3v) is 5.06. The zero-order valence-electron chi connectivity index (χ0n) is 18.4. The lowest BCUT2D eigenvalue weighted by Crippen LogP contribution is -2.14. The van der Waals surface area contributed by atoms with Crippen LogP contribution in [-0.2, 0) is 11.2 Å². The first-order valence-corrected chi connectivity index (χ1v) is 10.2. The lowest BCUT2D eigenvalue weighted by atomic mass is 10.1. The van der Waals surface area contributed by atoms with Gasteiger partial charge in [-0.05, 0) is 35.9 Å². The highest BCUT2D eigenvalue weighted by Gasteiger charge is 2.12. The molecule has 172 valence electrons. The van der Waals surface area contributed by atoms with Crippen LogP contribution in [0.25, 0.3) is 10.9 Å². The molecule has 1 heterocycles. The summed E-state index contributed by atoms with van der Waals surface area (Å²) in [7, 11) is 3.13. The minimum absolute atomic E-state index is 0.0277. The van der Waals surface area contributed by atoms with Gasteiger partial charge in [-0.1, -0.05) is 12.1 Å². The van der Waals surface area contributed by atoms with Crippen LogP contribution in [0.5, 0.6) is 11.5 Å². The van der Waals surface area contributed by atoms with Gasteiger partial charge in [-0.15, -0.1) is 0 Å². The second-order valence-electron chi connectivity index (χ2n) is 7.30. The number of rotatable bonds is 8. The number of non-ortho nitro benzene ring substituents is 1. The number of nitrogens with zero attached hydrogens (tertiary/aromatic N) is 3. The fourth-order valence-electron chi connectivity index (χ4n) is 3.43. The molecule has 1 aromatic heterocycles. The Morgan fingerprint density at radius 2 is 1.68 bits per heavy atom. The first-order chi connectivity index (χ1) is 16.5. The summed E-state index contributed by atoms with van der Waals surface area (Å²) >= 11 is 0. The van der Waals surface area contributed by atoms with E-state index in [9.17, 15) is 14.9 Å². The second-order valence-corrected chi connectivity index (χ2v) is 7.30. The number of nitro groups is 1. The van der Waals surface area contributed by atoms with Crippen molar-refractivity contribution in [1.29, 1.82) is 0 Å². The minimum atomic E-state index is -0.486. The van der Waals surface area contributed by atoms with Crippen LogP contribution in [0.1, 0.15) is 5.56 Å². The molecule has 34 heavy (non-hydrogen) atoms. The molecular formula is C24H21N5O5. The highest BCUT2D eigenvalue weighted by molar-refractivity contribution is 5.94. The SMILES string of the molecule is COc1cc2ncnc(Nc3ccc(NC(=O)Cc4cccc([N+](=O)[O-])c4)cc3)c2cc1OC. The van der Waals surface area contributed by atoms with E-state index in [1.165, 1.54) is 18.5 Å². The average molecular weight is 459 g/mol. The van der Waals surface area contributed by atoms with Crippen LogP contribution in [0.2, 0.25) is 0 Å². The van der Waals surface area contributed by atoms with Crippen LogP contribution >= 0.6 is 0 Å². The van der Waals surface area contributed by atoms with E-state index < -0.39 is 4.92 Å². The number of methoxy groups -OCH3 is 2. The van der Waals surface area contributed by atoms with Crippen molar-refractivity contribution in [2.45, 2.75) is 6.42 Å². The van der Waals surface area contributed by atoms with Crippen LogP contribution in [-0.4, -0.2) is 35.0 Å². The molecule has 0 saturated carbocycles. The monoisotopic (exact) mass is 459 g/mol. The Balaban J connectivity index is 1.46. The molecule has 0 aliphatic carbocycles. The number of hydrogen-bond acceptors (Lipinski definition) is 8. The number of nitrogens with one attached hydrogen (secondary N) is 2. The third kappa shape index (κ3) is 5.01. The lowest BCUT2D eigenvalue weighted by Gasteiger charge is -2.12. The summed E-state index contributed by atoms with van der Waals surface area (Å²) in [6, 6.07) is 16.7. The maximum atomic E-state index is 12.4. The third-order valence-electron chi connectivity index (χ3n) is 5.06. The van der Waals surface area contributed by atoms with Crippen LogP contribution < -0.4 is 20.1 Å². The quantitative estimate of drug-likeness (QED) is 0.291. The topological polar surface area (TPSA) is 129 Å². The van der Waals surface area contributed by atoms with Crippen molar-refractivity contribution in [3.8, 4) is 11.5 Å². The molecule has 0 spiro atoms. The van der Waals surface area contributed by atoms with E-state index >= 15 is 0 Å². The molecule has 3 aromatic carbocycles. The second kappa shape index (κ2) is 9.82. The van der Waals surface area contributed by atoms with Crippen molar-refractivity contribution >= 4 is 39.7 Å². The van der Waals surface area contributed by atoms with Gasteiger partial charge in [0.05, 0.1) is 31.1 Å². The number of amides is 1. The Bertz CT molecular complexity index is 1360. The van der Waals surface area contributed by atoms with Crippen molar-refractivity contribution in [3.63, 3.8) is 0 Å². The van der Waals surface area contributed by atoms with Gasteiger partial charge in [-0.25, -0.2) is 9.97 Å². The van der Waals surface area contributed by atoms with Gasteiger partial charge < -0.3 is 20.1 Å². The van der Waals surface area contributed by atoms with Gasteiger partial charge in [-0.2, -0.15) is 0 Å². The van der Waals surface area contributed by atoms with Crippen LogP contribution in [0.3, 0.4) is 0 Å². The molecule has 0 aliphatic rings. The zero-order chi connectivity index (χ0) is 24.1. The van der Waals surface area contributed by atoms with E-state index in [0.29, 0.717) is 34.1 Å². The standard InChI is InChI=1S/C24H21N5O5/c1-33-21-12-19-20(13-22(21)34-2)25-14-26-24(19)28-17-8-6-16(7-9-17)27-23(30)11-15-4-3-5-18(10-15)29(31)32/h3-10,12-14H,11H2,1-2H3,(H,27,30)(H,25,26,28). The largest absolute Gasteiger partial charge is 0.493 e. The minimum Gasteiger partial charge on any atom is -0.493 e. The molecule has 0 unspecified atom stereocenters. The van der Waals surface area contributed by atoms with Crippen LogP contribution in [0, 0.1) is 10.1 Å². The van der Waals surface area contributed by atoms with Crippen LogP contribution in [0.15, 0.2) is 67.0 Å². The summed E-state index contributed by atoms with van der Waals surface area (Å²) in [5.74, 6) is 1.46. The van der Waals surface area contributed by atoms with Gasteiger partial charge in [0, 0.05) is 35.0 Å². The number of fused-ring (bicyclic) bond motifs is 1. The maximum Gasteiger partial charge on any atom is 0.269 e. The number of hydrogen-bond donors (Lipinski definition) is 2. The molecule has 2 N–H and O–H groups in total. The molecule has 0 bridgehead atoms. The Hall–Kier alpha value is -4.73. The number of ether oxygens (including phenoxy) is 2. The Kier molecular flexibility index (Phi) is 6.49. The number of carbonyl (C=O) groups excluding carboxylic acids is 1. The summed E-state index contributed by atoms with van der Waals surface area (Å²) < 4.78 is 10.7. The number of benzene rings is 3. The highest BCUT2D eigenvalue weighted by Crippen LogP contribution is 2.34. The fraction of sp³-hybridized carbons (Fsp3) is 0.125. The molecule has 0 fully saturated rings. The molecule has 10 nitrogen and oxygen atoms in total. The smallest absolute Gasteiger partial charge is 0.269 e. The molecular weight excluding hydrogens is 438 g/mol. The van der Waals surface area contributed by atoms with Gasteiger partial charge in [0.25, 0.3) is 5.69 Å². The van der Waals surface area contributed by atoms with Gasteiger partial charge in [0.15, 0.2) is 11.5 Å². The molecule has 4 rings (SSSR count). The lowest BCUT2D eigenvalue weighted by molar-refractivity contribution is -0.384. The number of aromatic nitrogens is 2. The fourth-order valence-corrected chi connectivity index (χ4v) is 3.43. The van der Waals surface area contributed by atoms with E-state index in [4.69, 9.17) is 9.47 Å². The predicted octanol–water partition coefficient (Wildman–Crippen LogP) is 4.48. The van der Waals surface area contributed by atoms with Crippen molar-refractivity contribution in [1.82, 2.24) is 9.97 Å². The molecule has 1 amide bonds. The average Bonchev–Trinajstić information content (AvgIpc) is 2.84. The molecule has 4 aromatic rings.